The highest BCUT2D eigenvalue weighted by Crippen LogP contribution is 2.23. The number of para-hydroxylation sites is 1. The van der Waals surface area contributed by atoms with Crippen LogP contribution in [0.3, 0.4) is 0 Å². The average Bonchev–Trinajstić information content (AvgIpc) is 2.96. The smallest absolute Gasteiger partial charge is 0.165 e. The lowest BCUT2D eigenvalue weighted by Crippen LogP contribution is -2.07. The molecule has 3 nitrogen and oxygen atoms in total. The zero-order valence-electron chi connectivity index (χ0n) is 14.3. The lowest BCUT2D eigenvalue weighted by molar-refractivity contribution is 0.0983. The fourth-order valence-electron chi connectivity index (χ4n) is 2.91. The number of ether oxygens (including phenoxy) is 1. The predicted octanol–water partition coefficient (Wildman–Crippen LogP) is 5.01. The van der Waals surface area contributed by atoms with E-state index in [0.717, 1.165) is 28.6 Å². The topological polar surface area (TPSA) is 31.2 Å². The molecule has 0 fully saturated rings. The molecule has 1 aromatic heterocycles. The van der Waals surface area contributed by atoms with Crippen LogP contribution in [0.5, 0.6) is 5.75 Å². The summed E-state index contributed by atoms with van der Waals surface area (Å²) >= 11 is 0. The van der Waals surface area contributed by atoms with Gasteiger partial charge in [-0.3, -0.25) is 4.79 Å². The molecule has 3 rings (SSSR count). The first kappa shape index (κ1) is 16.3. The van der Waals surface area contributed by atoms with E-state index in [4.69, 9.17) is 4.74 Å². The minimum Gasteiger partial charge on any atom is -0.492 e. The molecule has 0 saturated heterocycles. The Labute approximate surface area is 142 Å². The van der Waals surface area contributed by atoms with E-state index in [1.807, 2.05) is 55.6 Å². The molecule has 0 atom stereocenters. The van der Waals surface area contributed by atoms with Gasteiger partial charge in [-0.15, -0.1) is 0 Å². The van der Waals surface area contributed by atoms with Gasteiger partial charge in [0.25, 0.3) is 0 Å². The zero-order chi connectivity index (χ0) is 16.9. The van der Waals surface area contributed by atoms with Crippen molar-refractivity contribution in [3.8, 4) is 5.75 Å². The fraction of sp³-hybridized carbons (Fsp3) is 0.286. The highest BCUT2D eigenvalue weighted by molar-refractivity contribution is 6.08. The van der Waals surface area contributed by atoms with Crippen molar-refractivity contribution in [3.05, 3.63) is 65.9 Å². The van der Waals surface area contributed by atoms with E-state index in [-0.39, 0.29) is 5.78 Å². The summed E-state index contributed by atoms with van der Waals surface area (Å²) in [7, 11) is 0. The van der Waals surface area contributed by atoms with E-state index < -0.39 is 0 Å². The molecule has 1 heterocycles. The number of hydrogen-bond donors (Lipinski definition) is 0. The van der Waals surface area contributed by atoms with E-state index in [0.29, 0.717) is 19.6 Å². The molecular weight excluding hydrogens is 298 g/mol. The Morgan fingerprint density at radius 2 is 1.83 bits per heavy atom. The normalized spacial score (nSPS) is 10.9. The van der Waals surface area contributed by atoms with E-state index >= 15 is 0 Å². The van der Waals surface area contributed by atoms with Crippen molar-refractivity contribution in [2.45, 2.75) is 33.2 Å². The van der Waals surface area contributed by atoms with Crippen LogP contribution in [0.15, 0.2) is 54.7 Å². The van der Waals surface area contributed by atoms with Gasteiger partial charge in [0, 0.05) is 29.1 Å². The minimum absolute atomic E-state index is 0.215. The number of carbonyl (C=O) groups excluding carboxylic acids is 1. The lowest BCUT2D eigenvalue weighted by Gasteiger charge is -2.08. The number of Topliss-reactive ketones (excluding diaryl/α,β-unsaturated/α-hetero) is 1. The summed E-state index contributed by atoms with van der Waals surface area (Å²) in [6, 6.07) is 16.1. The maximum Gasteiger partial charge on any atom is 0.165 e. The zero-order valence-corrected chi connectivity index (χ0v) is 14.3. The molecular formula is C21H23NO2. The third kappa shape index (κ3) is 3.51. The Balaban J connectivity index is 1.76. The second-order valence-electron chi connectivity index (χ2n) is 6.09. The largest absolute Gasteiger partial charge is 0.492 e. The van der Waals surface area contributed by atoms with Gasteiger partial charge in [-0.2, -0.15) is 0 Å². The number of ketones is 1. The van der Waals surface area contributed by atoms with Gasteiger partial charge in [0.15, 0.2) is 5.78 Å². The summed E-state index contributed by atoms with van der Waals surface area (Å²) < 4.78 is 7.94. The summed E-state index contributed by atoms with van der Waals surface area (Å²) in [6.07, 6.45) is 3.43. The maximum atomic E-state index is 12.4. The number of rotatable bonds is 7. The molecule has 0 unspecified atom stereocenters. The van der Waals surface area contributed by atoms with E-state index in [2.05, 4.69) is 17.6 Å². The number of aromatic nitrogens is 1. The summed E-state index contributed by atoms with van der Waals surface area (Å²) in [6.45, 7) is 5.38. The molecule has 24 heavy (non-hydrogen) atoms. The van der Waals surface area contributed by atoms with Gasteiger partial charge in [-0.1, -0.05) is 42.8 Å². The van der Waals surface area contributed by atoms with Crippen molar-refractivity contribution in [1.82, 2.24) is 4.57 Å². The van der Waals surface area contributed by atoms with Crippen LogP contribution in [0.4, 0.5) is 0 Å². The summed E-state index contributed by atoms with van der Waals surface area (Å²) in [5.74, 6) is 1.09. The van der Waals surface area contributed by atoms with Crippen molar-refractivity contribution in [2.24, 2.45) is 0 Å². The molecule has 0 amide bonds. The van der Waals surface area contributed by atoms with Crippen LogP contribution in [-0.2, 0) is 6.54 Å². The van der Waals surface area contributed by atoms with Crippen molar-refractivity contribution >= 4 is 16.7 Å². The number of carbonyl (C=O) groups is 1. The Bertz CT molecular complexity index is 831. The van der Waals surface area contributed by atoms with E-state index in [1.165, 1.54) is 5.56 Å². The lowest BCUT2D eigenvalue weighted by atomic mass is 10.1. The van der Waals surface area contributed by atoms with Crippen molar-refractivity contribution in [3.63, 3.8) is 0 Å². The average molecular weight is 321 g/mol. The molecule has 0 aliphatic rings. The van der Waals surface area contributed by atoms with Crippen LogP contribution in [0.2, 0.25) is 0 Å². The van der Waals surface area contributed by atoms with Gasteiger partial charge in [-0.05, 0) is 31.5 Å². The summed E-state index contributed by atoms with van der Waals surface area (Å²) in [4.78, 5) is 12.4. The quantitative estimate of drug-likeness (QED) is 0.573. The van der Waals surface area contributed by atoms with Crippen LogP contribution in [0.1, 0.15) is 35.7 Å². The standard InChI is InChI=1S/C21H23NO2/c1-3-6-21(23)19-15-22(20-8-5-4-7-18(19)20)13-14-24-17-11-9-16(2)10-12-17/h4-5,7-12,15H,3,6,13-14H2,1-2H3. The number of hydrogen-bond acceptors (Lipinski definition) is 2. The third-order valence-corrected chi connectivity index (χ3v) is 4.19. The highest BCUT2D eigenvalue weighted by Gasteiger charge is 2.13. The van der Waals surface area contributed by atoms with Crippen LogP contribution in [0, 0.1) is 6.92 Å². The Morgan fingerprint density at radius 3 is 2.58 bits per heavy atom. The number of benzene rings is 2. The minimum atomic E-state index is 0.215. The Kier molecular flexibility index (Phi) is 4.99. The molecule has 0 saturated carbocycles. The predicted molar refractivity (Wildman–Crippen MR) is 97.9 cm³/mol. The molecule has 3 aromatic rings. The Morgan fingerprint density at radius 1 is 1.08 bits per heavy atom. The molecule has 2 aromatic carbocycles. The van der Waals surface area contributed by atoms with Gasteiger partial charge in [0.2, 0.25) is 0 Å². The van der Waals surface area contributed by atoms with Gasteiger partial charge in [0.1, 0.15) is 12.4 Å². The molecule has 0 bridgehead atoms. The molecule has 0 spiro atoms. The first-order chi connectivity index (χ1) is 11.7. The molecule has 3 heteroatoms. The third-order valence-electron chi connectivity index (χ3n) is 4.19. The fourth-order valence-corrected chi connectivity index (χ4v) is 2.91. The van der Waals surface area contributed by atoms with Gasteiger partial charge >= 0.3 is 0 Å². The van der Waals surface area contributed by atoms with Gasteiger partial charge in [0.05, 0.1) is 6.54 Å². The maximum absolute atomic E-state index is 12.4. The summed E-state index contributed by atoms with van der Waals surface area (Å²) in [5, 5.41) is 1.03. The van der Waals surface area contributed by atoms with Crippen molar-refractivity contribution in [2.75, 3.05) is 6.61 Å². The molecule has 0 aliphatic carbocycles. The second-order valence-corrected chi connectivity index (χ2v) is 6.09. The first-order valence-corrected chi connectivity index (χ1v) is 8.49. The molecule has 0 radical (unpaired) electrons. The van der Waals surface area contributed by atoms with Crippen LogP contribution >= 0.6 is 0 Å². The molecule has 0 N–H and O–H groups in total. The van der Waals surface area contributed by atoms with Gasteiger partial charge < -0.3 is 9.30 Å². The highest BCUT2D eigenvalue weighted by atomic mass is 16.5. The molecule has 124 valence electrons. The summed E-state index contributed by atoms with van der Waals surface area (Å²) in [5.41, 5.74) is 3.13. The van der Waals surface area contributed by atoms with E-state index in [9.17, 15) is 4.79 Å². The van der Waals surface area contributed by atoms with Crippen molar-refractivity contribution < 1.29 is 9.53 Å². The molecule has 0 aliphatic heterocycles. The van der Waals surface area contributed by atoms with E-state index in [1.54, 1.807) is 0 Å². The Hall–Kier alpha value is -2.55. The SMILES string of the molecule is CCCC(=O)c1cn(CCOc2ccc(C)cc2)c2ccccc12. The first-order valence-electron chi connectivity index (χ1n) is 8.49. The van der Waals surface area contributed by atoms with Crippen LogP contribution < -0.4 is 4.74 Å². The van der Waals surface area contributed by atoms with Crippen LogP contribution in [-0.4, -0.2) is 17.0 Å². The number of fused-ring (bicyclic) bond motifs is 1. The number of nitrogens with zero attached hydrogens (tertiary/aromatic N) is 1. The number of aryl methyl sites for hydroxylation is 1. The van der Waals surface area contributed by atoms with Crippen molar-refractivity contribution in [1.29, 1.82) is 0 Å². The monoisotopic (exact) mass is 321 g/mol. The van der Waals surface area contributed by atoms with Crippen LogP contribution in [0.25, 0.3) is 10.9 Å². The second kappa shape index (κ2) is 7.35. The van der Waals surface area contributed by atoms with Gasteiger partial charge in [-0.25, -0.2) is 0 Å².